The number of ether oxygens (including phenoxy) is 1. The van der Waals surface area contributed by atoms with Gasteiger partial charge in [0.25, 0.3) is 10.0 Å². The molecule has 0 saturated heterocycles. The average Bonchev–Trinajstić information content (AvgIpc) is 3.21. The average molecular weight is 490 g/mol. The lowest BCUT2D eigenvalue weighted by atomic mass is 10.1. The number of nitrogens with zero attached hydrogens (tertiary/aromatic N) is 2. The Morgan fingerprint density at radius 2 is 1.82 bits per heavy atom. The second-order valence-electron chi connectivity index (χ2n) is 7.36. The van der Waals surface area contributed by atoms with Crippen molar-refractivity contribution >= 4 is 38.3 Å². The Hall–Kier alpha value is -3.41. The van der Waals surface area contributed by atoms with E-state index in [1.165, 1.54) is 18.2 Å². The normalized spacial score (nSPS) is 11.7. The monoisotopic (exact) mass is 489 g/mol. The number of benzene rings is 2. The Morgan fingerprint density at radius 3 is 2.48 bits per heavy atom. The zero-order chi connectivity index (χ0) is 23.8. The molecule has 0 unspecified atom stereocenters. The number of fused-ring (bicyclic) bond motifs is 1. The number of anilines is 1. The summed E-state index contributed by atoms with van der Waals surface area (Å²) in [5.41, 5.74) is 0.999. The summed E-state index contributed by atoms with van der Waals surface area (Å²) in [7, 11) is -2.40. The molecule has 0 amide bonds. The summed E-state index contributed by atoms with van der Waals surface area (Å²) >= 11 is 6.42. The van der Waals surface area contributed by atoms with Crippen LogP contribution in [0.5, 0.6) is 0 Å². The number of aromatic nitrogens is 4. The number of hydrogen-bond acceptors (Lipinski definition) is 6. The predicted molar refractivity (Wildman–Crippen MR) is 125 cm³/mol. The molecular weight excluding hydrogens is 470 g/mol. The number of hydrogen-bond donors (Lipinski definition) is 3. The first-order chi connectivity index (χ1) is 15.7. The van der Waals surface area contributed by atoms with Crippen LogP contribution in [-0.2, 0) is 21.3 Å². The molecule has 4 aromatic rings. The van der Waals surface area contributed by atoms with Crippen LogP contribution in [0.1, 0.15) is 5.56 Å². The van der Waals surface area contributed by atoms with Crippen molar-refractivity contribution in [1.29, 1.82) is 0 Å². The first-order valence-electron chi connectivity index (χ1n) is 9.79. The van der Waals surface area contributed by atoms with E-state index in [0.717, 1.165) is 5.56 Å². The highest BCUT2D eigenvalue weighted by atomic mass is 35.5. The van der Waals surface area contributed by atoms with Crippen LogP contribution in [0.25, 0.3) is 22.2 Å². The summed E-state index contributed by atoms with van der Waals surface area (Å²) in [6, 6.07) is 7.60. The van der Waals surface area contributed by atoms with Crippen molar-refractivity contribution in [2.75, 3.05) is 18.4 Å². The zero-order valence-corrected chi connectivity index (χ0v) is 19.2. The van der Waals surface area contributed by atoms with E-state index in [2.05, 4.69) is 19.8 Å². The van der Waals surface area contributed by atoms with Gasteiger partial charge in [0.2, 0.25) is 0 Å². The summed E-state index contributed by atoms with van der Waals surface area (Å²) in [5, 5.41) is 4.60. The maximum atomic E-state index is 13.0. The fourth-order valence-electron chi connectivity index (χ4n) is 3.38. The molecule has 12 heteroatoms. The van der Waals surface area contributed by atoms with E-state index in [9.17, 15) is 18.0 Å². The Labute approximate surface area is 193 Å². The van der Waals surface area contributed by atoms with Crippen LogP contribution in [0.2, 0.25) is 5.02 Å². The van der Waals surface area contributed by atoms with Crippen LogP contribution < -0.4 is 15.8 Å². The maximum absolute atomic E-state index is 13.0. The molecule has 0 aliphatic rings. The highest BCUT2D eigenvalue weighted by Crippen LogP contribution is 2.31. The molecule has 3 N–H and O–H groups in total. The molecule has 2 aromatic carbocycles. The molecule has 0 radical (unpaired) electrons. The van der Waals surface area contributed by atoms with E-state index in [1.807, 2.05) is 6.20 Å². The molecule has 172 valence electrons. The van der Waals surface area contributed by atoms with E-state index in [0.29, 0.717) is 34.8 Å². The van der Waals surface area contributed by atoms with Gasteiger partial charge >= 0.3 is 11.1 Å². The van der Waals surface area contributed by atoms with Gasteiger partial charge in [-0.25, -0.2) is 8.42 Å². The second-order valence-corrected chi connectivity index (χ2v) is 9.41. The summed E-state index contributed by atoms with van der Waals surface area (Å²) in [6.45, 7) is 2.71. The lowest BCUT2D eigenvalue weighted by Gasteiger charge is -2.12. The van der Waals surface area contributed by atoms with Crippen molar-refractivity contribution in [3.8, 4) is 11.1 Å². The minimum absolute atomic E-state index is 0.0442. The van der Waals surface area contributed by atoms with Crippen molar-refractivity contribution in [2.45, 2.75) is 18.4 Å². The molecule has 0 bridgehead atoms. The highest BCUT2D eigenvalue weighted by molar-refractivity contribution is 7.92. The summed E-state index contributed by atoms with van der Waals surface area (Å²) in [5.74, 6) is 0. The highest BCUT2D eigenvalue weighted by Gasteiger charge is 2.19. The number of aryl methyl sites for hydroxylation is 1. The molecule has 0 fully saturated rings. The van der Waals surface area contributed by atoms with Crippen LogP contribution in [0.3, 0.4) is 0 Å². The van der Waals surface area contributed by atoms with Crippen LogP contribution in [0.15, 0.2) is 57.2 Å². The van der Waals surface area contributed by atoms with Crippen molar-refractivity contribution in [3.63, 3.8) is 0 Å². The molecule has 0 aliphatic heterocycles. The summed E-state index contributed by atoms with van der Waals surface area (Å²) in [4.78, 5) is 27.9. The number of sulfonamides is 1. The lowest BCUT2D eigenvalue weighted by molar-refractivity contribution is 0.183. The van der Waals surface area contributed by atoms with Crippen LogP contribution in [0, 0.1) is 6.92 Å². The first kappa shape index (κ1) is 22.8. The van der Waals surface area contributed by atoms with Crippen molar-refractivity contribution in [2.24, 2.45) is 0 Å². The van der Waals surface area contributed by atoms with Gasteiger partial charge in [0.1, 0.15) is 0 Å². The predicted octanol–water partition coefficient (Wildman–Crippen LogP) is 2.49. The van der Waals surface area contributed by atoms with Gasteiger partial charge in [-0.3, -0.25) is 19.0 Å². The molecule has 33 heavy (non-hydrogen) atoms. The maximum Gasteiger partial charge on any atom is 0.314 e. The number of aromatic amines is 2. The minimum atomic E-state index is -4.01. The van der Waals surface area contributed by atoms with E-state index in [1.54, 1.807) is 37.0 Å². The van der Waals surface area contributed by atoms with E-state index in [4.69, 9.17) is 16.3 Å². The van der Waals surface area contributed by atoms with Gasteiger partial charge in [0.05, 0.1) is 46.0 Å². The molecule has 0 atom stereocenters. The van der Waals surface area contributed by atoms with Crippen LogP contribution >= 0.6 is 11.6 Å². The Balaban J connectivity index is 1.63. The zero-order valence-electron chi connectivity index (χ0n) is 17.7. The van der Waals surface area contributed by atoms with E-state index < -0.39 is 21.1 Å². The van der Waals surface area contributed by atoms with Crippen molar-refractivity contribution in [3.05, 3.63) is 74.0 Å². The summed E-state index contributed by atoms with van der Waals surface area (Å²) in [6.07, 6.45) is 3.50. The van der Waals surface area contributed by atoms with Gasteiger partial charge in [-0.1, -0.05) is 17.7 Å². The number of rotatable bonds is 7. The lowest BCUT2D eigenvalue weighted by Crippen LogP contribution is -2.29. The van der Waals surface area contributed by atoms with Gasteiger partial charge in [0, 0.05) is 24.4 Å². The number of halogens is 1. The molecule has 0 aliphatic carbocycles. The SMILES string of the molecule is COCCn1cc(-c2ccc(NS(=O)(=O)c3cc4[nH]c(=O)c(=O)[nH]c4cc3C)cc2Cl)cn1. The molecular formula is C21H20ClN5O5S. The van der Waals surface area contributed by atoms with Crippen molar-refractivity contribution < 1.29 is 13.2 Å². The van der Waals surface area contributed by atoms with Gasteiger partial charge in [-0.15, -0.1) is 0 Å². The minimum Gasteiger partial charge on any atom is -0.383 e. The number of nitrogens with one attached hydrogen (secondary N) is 3. The van der Waals surface area contributed by atoms with Gasteiger partial charge in [0.15, 0.2) is 0 Å². The third kappa shape index (κ3) is 4.70. The molecule has 2 heterocycles. The Morgan fingerprint density at radius 1 is 1.12 bits per heavy atom. The fourth-order valence-corrected chi connectivity index (χ4v) is 4.97. The smallest absolute Gasteiger partial charge is 0.314 e. The van der Waals surface area contributed by atoms with Gasteiger partial charge in [-0.05, 0) is 36.8 Å². The van der Waals surface area contributed by atoms with Crippen molar-refractivity contribution in [1.82, 2.24) is 19.7 Å². The second kappa shape index (κ2) is 8.85. The molecule has 2 aromatic heterocycles. The third-order valence-corrected chi connectivity index (χ3v) is 6.83. The fraction of sp³-hybridized carbons (Fsp3) is 0.190. The first-order valence-corrected chi connectivity index (χ1v) is 11.6. The van der Waals surface area contributed by atoms with Crippen LogP contribution in [-0.4, -0.2) is 41.9 Å². The Kier molecular flexibility index (Phi) is 6.11. The largest absolute Gasteiger partial charge is 0.383 e. The molecule has 10 nitrogen and oxygen atoms in total. The Bertz CT molecular complexity index is 1570. The van der Waals surface area contributed by atoms with E-state index >= 15 is 0 Å². The molecule has 4 rings (SSSR count). The third-order valence-electron chi connectivity index (χ3n) is 5.00. The quantitative estimate of drug-likeness (QED) is 0.341. The number of methoxy groups -OCH3 is 1. The standard InChI is InChI=1S/C21H20ClN5O5S/c1-12-7-17-18(25-21(29)20(28)24-17)9-19(12)33(30,31)26-14-3-4-15(16(22)8-14)13-10-23-27(11-13)5-6-32-2/h3-4,7-11,26H,5-6H2,1-2H3,(H,24,28)(H,25,29). The van der Waals surface area contributed by atoms with Gasteiger partial charge in [-0.2, -0.15) is 5.10 Å². The van der Waals surface area contributed by atoms with Gasteiger partial charge < -0.3 is 14.7 Å². The topological polar surface area (TPSA) is 139 Å². The summed E-state index contributed by atoms with van der Waals surface area (Å²) < 4.78 is 35.4. The van der Waals surface area contributed by atoms with E-state index in [-0.39, 0.29) is 16.1 Å². The molecule has 0 saturated carbocycles. The molecule has 0 spiro atoms. The van der Waals surface area contributed by atoms with Crippen LogP contribution in [0.4, 0.5) is 5.69 Å². The number of H-pyrrole nitrogens is 2.